The van der Waals surface area contributed by atoms with Crippen molar-refractivity contribution >= 4 is 11.6 Å². The van der Waals surface area contributed by atoms with Crippen molar-refractivity contribution in [3.63, 3.8) is 0 Å². The van der Waals surface area contributed by atoms with Gasteiger partial charge in [-0.25, -0.2) is 14.6 Å². The maximum absolute atomic E-state index is 12.9. The zero-order valence-electron chi connectivity index (χ0n) is 15.1. The zero-order chi connectivity index (χ0) is 19.3. The van der Waals surface area contributed by atoms with Gasteiger partial charge in [-0.05, 0) is 29.8 Å². The number of anilines is 1. The van der Waals surface area contributed by atoms with Crippen molar-refractivity contribution in [1.29, 1.82) is 0 Å². The van der Waals surface area contributed by atoms with Crippen LogP contribution in [-0.4, -0.2) is 32.8 Å². The lowest BCUT2D eigenvalue weighted by atomic mass is 9.98. The van der Waals surface area contributed by atoms with Crippen molar-refractivity contribution in [2.24, 2.45) is 0 Å². The first-order valence-electron chi connectivity index (χ1n) is 8.61. The summed E-state index contributed by atoms with van der Waals surface area (Å²) in [6.45, 7) is 0. The fourth-order valence-electron chi connectivity index (χ4n) is 2.90. The highest BCUT2D eigenvalue weighted by Crippen LogP contribution is 2.32. The van der Waals surface area contributed by atoms with E-state index in [2.05, 4.69) is 20.4 Å². The van der Waals surface area contributed by atoms with Gasteiger partial charge in [-0.1, -0.05) is 36.4 Å². The average molecular weight is 371 g/mol. The van der Waals surface area contributed by atoms with Gasteiger partial charge in [-0.2, -0.15) is 5.10 Å². The SMILES string of the molecule is COc1ccccc1-c1ccccc1C(=O)Nc1ccc(-n2cncn2)nc1. The van der Waals surface area contributed by atoms with Crippen LogP contribution < -0.4 is 10.1 Å². The van der Waals surface area contributed by atoms with Crippen LogP contribution in [0.4, 0.5) is 5.69 Å². The number of benzene rings is 2. The number of carbonyl (C=O) groups excluding carboxylic acids is 1. The van der Waals surface area contributed by atoms with Crippen molar-refractivity contribution < 1.29 is 9.53 Å². The van der Waals surface area contributed by atoms with E-state index in [1.54, 1.807) is 42.5 Å². The number of nitrogens with zero attached hydrogens (tertiary/aromatic N) is 4. The summed E-state index contributed by atoms with van der Waals surface area (Å²) in [6.07, 6.45) is 4.58. The minimum atomic E-state index is -0.225. The van der Waals surface area contributed by atoms with E-state index in [-0.39, 0.29) is 5.91 Å². The number of para-hydroxylation sites is 1. The number of amides is 1. The van der Waals surface area contributed by atoms with Crippen LogP contribution >= 0.6 is 0 Å². The van der Waals surface area contributed by atoms with E-state index >= 15 is 0 Å². The second-order valence-corrected chi connectivity index (χ2v) is 5.95. The molecule has 28 heavy (non-hydrogen) atoms. The molecule has 0 aliphatic heterocycles. The van der Waals surface area contributed by atoms with E-state index in [4.69, 9.17) is 4.74 Å². The molecular formula is C21H17N5O2. The molecule has 138 valence electrons. The molecule has 0 aliphatic rings. The molecule has 4 aromatic rings. The topological polar surface area (TPSA) is 81.9 Å². The Kier molecular flexibility index (Phi) is 4.79. The molecule has 2 heterocycles. The Hall–Kier alpha value is -4.00. The van der Waals surface area contributed by atoms with Gasteiger partial charge in [0.05, 0.1) is 19.0 Å². The third-order valence-electron chi connectivity index (χ3n) is 4.23. The molecule has 0 saturated carbocycles. The average Bonchev–Trinajstić information content (AvgIpc) is 3.29. The highest BCUT2D eigenvalue weighted by molar-refractivity contribution is 6.09. The fourth-order valence-corrected chi connectivity index (χ4v) is 2.90. The minimum absolute atomic E-state index is 0.225. The van der Waals surface area contributed by atoms with Gasteiger partial charge in [-0.3, -0.25) is 4.79 Å². The van der Waals surface area contributed by atoms with Crippen LogP contribution in [0.25, 0.3) is 16.9 Å². The number of methoxy groups -OCH3 is 1. The predicted molar refractivity (Wildman–Crippen MR) is 106 cm³/mol. The highest BCUT2D eigenvalue weighted by atomic mass is 16.5. The summed E-state index contributed by atoms with van der Waals surface area (Å²) < 4.78 is 6.99. The van der Waals surface area contributed by atoms with Gasteiger partial charge in [0.15, 0.2) is 5.82 Å². The molecule has 0 spiro atoms. The summed E-state index contributed by atoms with van der Waals surface area (Å²) in [5.74, 6) is 1.10. The molecule has 2 aromatic carbocycles. The van der Waals surface area contributed by atoms with E-state index in [1.807, 2.05) is 42.5 Å². The van der Waals surface area contributed by atoms with E-state index in [1.165, 1.54) is 6.33 Å². The number of hydrogen-bond donors (Lipinski definition) is 1. The second-order valence-electron chi connectivity index (χ2n) is 5.95. The van der Waals surface area contributed by atoms with Crippen LogP contribution in [0.15, 0.2) is 79.5 Å². The standard InChI is InChI=1S/C21H17N5O2/c1-28-19-9-5-4-7-17(19)16-6-2-3-8-18(16)21(27)25-15-10-11-20(23-12-15)26-14-22-13-24-26/h2-14H,1H3,(H,25,27). The lowest BCUT2D eigenvalue weighted by molar-refractivity contribution is 0.102. The summed E-state index contributed by atoms with van der Waals surface area (Å²) in [6, 6.07) is 18.6. The first-order chi connectivity index (χ1) is 13.8. The van der Waals surface area contributed by atoms with E-state index in [0.29, 0.717) is 22.8 Å². The van der Waals surface area contributed by atoms with Crippen LogP contribution in [0.5, 0.6) is 5.75 Å². The molecule has 0 saturated heterocycles. The summed E-state index contributed by atoms with van der Waals surface area (Å²) in [5.41, 5.74) is 2.79. The zero-order valence-corrected chi connectivity index (χ0v) is 15.1. The van der Waals surface area contributed by atoms with Crippen molar-refractivity contribution in [3.05, 3.63) is 85.1 Å². The monoisotopic (exact) mass is 371 g/mol. The second kappa shape index (κ2) is 7.71. The molecule has 7 nitrogen and oxygen atoms in total. The fraction of sp³-hybridized carbons (Fsp3) is 0.0476. The number of pyridine rings is 1. The van der Waals surface area contributed by atoms with Gasteiger partial charge in [0, 0.05) is 11.1 Å². The van der Waals surface area contributed by atoms with Gasteiger partial charge >= 0.3 is 0 Å². The molecule has 0 atom stereocenters. The van der Waals surface area contributed by atoms with E-state index in [0.717, 1.165) is 11.1 Å². The van der Waals surface area contributed by atoms with Crippen molar-refractivity contribution in [3.8, 4) is 22.7 Å². The van der Waals surface area contributed by atoms with Crippen LogP contribution in [-0.2, 0) is 0 Å². The van der Waals surface area contributed by atoms with Crippen LogP contribution in [0.2, 0.25) is 0 Å². The third-order valence-corrected chi connectivity index (χ3v) is 4.23. The number of ether oxygens (including phenoxy) is 1. The maximum atomic E-state index is 12.9. The van der Waals surface area contributed by atoms with Gasteiger partial charge in [0.25, 0.3) is 5.91 Å². The van der Waals surface area contributed by atoms with E-state index in [9.17, 15) is 4.79 Å². The van der Waals surface area contributed by atoms with Crippen molar-refractivity contribution in [2.75, 3.05) is 12.4 Å². The molecule has 4 rings (SSSR count). The highest BCUT2D eigenvalue weighted by Gasteiger charge is 2.15. The largest absolute Gasteiger partial charge is 0.496 e. The van der Waals surface area contributed by atoms with Crippen molar-refractivity contribution in [1.82, 2.24) is 19.7 Å². The Morgan fingerprint density at radius 1 is 1.00 bits per heavy atom. The van der Waals surface area contributed by atoms with Gasteiger partial charge < -0.3 is 10.1 Å². The van der Waals surface area contributed by atoms with Crippen LogP contribution in [0.3, 0.4) is 0 Å². The molecule has 0 unspecified atom stereocenters. The van der Waals surface area contributed by atoms with Gasteiger partial charge in [-0.15, -0.1) is 0 Å². The number of hydrogen-bond acceptors (Lipinski definition) is 5. The summed E-state index contributed by atoms with van der Waals surface area (Å²) in [5, 5.41) is 6.92. The van der Waals surface area contributed by atoms with Gasteiger partial charge in [0.1, 0.15) is 18.4 Å². The number of aromatic nitrogens is 4. The molecule has 0 bridgehead atoms. The molecule has 1 amide bonds. The Bertz CT molecular complexity index is 1090. The van der Waals surface area contributed by atoms with E-state index < -0.39 is 0 Å². The quantitative estimate of drug-likeness (QED) is 0.580. The molecule has 0 aliphatic carbocycles. The minimum Gasteiger partial charge on any atom is -0.496 e. The van der Waals surface area contributed by atoms with Crippen LogP contribution in [0, 0.1) is 0 Å². The first-order valence-corrected chi connectivity index (χ1v) is 8.61. The maximum Gasteiger partial charge on any atom is 0.256 e. The molecule has 1 N–H and O–H groups in total. The number of rotatable bonds is 5. The molecule has 0 fully saturated rings. The lowest BCUT2D eigenvalue weighted by Crippen LogP contribution is -2.13. The normalized spacial score (nSPS) is 10.5. The summed E-state index contributed by atoms with van der Waals surface area (Å²) in [4.78, 5) is 21.1. The molecule has 7 heteroatoms. The van der Waals surface area contributed by atoms with Crippen molar-refractivity contribution in [2.45, 2.75) is 0 Å². The summed E-state index contributed by atoms with van der Waals surface area (Å²) >= 11 is 0. The molecule has 0 radical (unpaired) electrons. The third kappa shape index (κ3) is 3.45. The Morgan fingerprint density at radius 3 is 2.50 bits per heavy atom. The molecular weight excluding hydrogens is 354 g/mol. The Morgan fingerprint density at radius 2 is 1.79 bits per heavy atom. The smallest absolute Gasteiger partial charge is 0.256 e. The first kappa shape index (κ1) is 17.4. The van der Waals surface area contributed by atoms with Gasteiger partial charge in [0.2, 0.25) is 0 Å². The number of nitrogens with one attached hydrogen (secondary N) is 1. The summed E-state index contributed by atoms with van der Waals surface area (Å²) in [7, 11) is 1.61. The molecule has 2 aromatic heterocycles. The van der Waals surface area contributed by atoms with Crippen LogP contribution in [0.1, 0.15) is 10.4 Å². The Balaban J connectivity index is 1.61. The predicted octanol–water partition coefficient (Wildman–Crippen LogP) is 3.59. The Labute approximate surface area is 161 Å². The lowest BCUT2D eigenvalue weighted by Gasteiger charge is -2.13. The number of carbonyl (C=O) groups is 1.